The Morgan fingerprint density at radius 3 is 2.72 bits per heavy atom. The second-order valence-corrected chi connectivity index (χ2v) is 7.77. The summed E-state index contributed by atoms with van der Waals surface area (Å²) < 4.78 is 26.0. The molecular weight excluding hydrogens is 340 g/mol. The summed E-state index contributed by atoms with van der Waals surface area (Å²) in [5, 5.41) is 10.3. The number of rotatable bonds is 5. The zero-order chi connectivity index (χ0) is 18.0. The number of aryl methyl sites for hydroxylation is 1. The Hall–Kier alpha value is -2.74. The zero-order valence-corrected chi connectivity index (χ0v) is 14.7. The Balaban J connectivity index is 1.94. The highest BCUT2D eigenvalue weighted by Crippen LogP contribution is 2.17. The molecule has 7 nitrogen and oxygen atoms in total. The number of hydrogen-bond donors (Lipinski definition) is 1. The monoisotopic (exact) mass is 358 g/mol. The van der Waals surface area contributed by atoms with Gasteiger partial charge in [0.05, 0.1) is 11.4 Å². The summed E-state index contributed by atoms with van der Waals surface area (Å²) in [4.78, 5) is 12.4. The zero-order valence-electron chi connectivity index (χ0n) is 13.9. The van der Waals surface area contributed by atoms with Crippen LogP contribution in [0.3, 0.4) is 0 Å². The quantitative estimate of drug-likeness (QED) is 0.756. The normalized spacial score (nSPS) is 11.6. The lowest BCUT2D eigenvalue weighted by Gasteiger charge is -2.07. The van der Waals surface area contributed by atoms with Crippen LogP contribution in [-0.4, -0.2) is 34.7 Å². The van der Waals surface area contributed by atoms with Crippen LogP contribution >= 0.6 is 0 Å². The molecule has 0 saturated heterocycles. The molecule has 2 heterocycles. The van der Waals surface area contributed by atoms with Crippen LogP contribution in [0.4, 0.5) is 5.69 Å². The van der Waals surface area contributed by atoms with E-state index in [0.717, 1.165) is 5.56 Å². The lowest BCUT2D eigenvalue weighted by molar-refractivity contribution is 0.102. The van der Waals surface area contributed by atoms with Gasteiger partial charge in [0.15, 0.2) is 5.65 Å². The number of carbonyl (C=O) groups excluding carboxylic acids is 1. The fourth-order valence-corrected chi connectivity index (χ4v) is 3.84. The number of hydrogen-bond acceptors (Lipinski definition) is 5. The second-order valence-electron chi connectivity index (χ2n) is 5.77. The van der Waals surface area contributed by atoms with E-state index in [-0.39, 0.29) is 16.8 Å². The Bertz CT molecular complexity index is 1040. The fourth-order valence-electron chi connectivity index (χ4n) is 2.51. The first-order valence-corrected chi connectivity index (χ1v) is 9.51. The van der Waals surface area contributed by atoms with Crippen LogP contribution in [0.5, 0.6) is 0 Å². The minimum absolute atomic E-state index is 0.00628. The van der Waals surface area contributed by atoms with Gasteiger partial charge in [0.1, 0.15) is 0 Å². The molecule has 130 valence electrons. The molecule has 8 heteroatoms. The van der Waals surface area contributed by atoms with Crippen molar-refractivity contribution in [3.8, 4) is 0 Å². The van der Waals surface area contributed by atoms with Crippen LogP contribution in [0.1, 0.15) is 29.3 Å². The molecule has 0 aliphatic heterocycles. The molecule has 0 bridgehead atoms. The van der Waals surface area contributed by atoms with Crippen LogP contribution in [0.15, 0.2) is 47.8 Å². The average molecular weight is 358 g/mol. The van der Waals surface area contributed by atoms with E-state index in [1.165, 1.54) is 10.6 Å². The largest absolute Gasteiger partial charge is 0.321 e. The molecule has 0 saturated carbocycles. The van der Waals surface area contributed by atoms with Crippen molar-refractivity contribution >= 4 is 27.1 Å². The summed E-state index contributed by atoms with van der Waals surface area (Å²) >= 11 is 0. The van der Waals surface area contributed by atoms with Crippen molar-refractivity contribution in [3.05, 3.63) is 53.7 Å². The van der Waals surface area contributed by atoms with Crippen molar-refractivity contribution in [2.24, 2.45) is 0 Å². The van der Waals surface area contributed by atoms with Gasteiger partial charge >= 0.3 is 0 Å². The third-order valence-electron chi connectivity index (χ3n) is 3.66. The van der Waals surface area contributed by atoms with Gasteiger partial charge in [-0.15, -0.1) is 10.2 Å². The Labute approximate surface area is 145 Å². The van der Waals surface area contributed by atoms with Gasteiger partial charge in [0.2, 0.25) is 9.84 Å². The summed E-state index contributed by atoms with van der Waals surface area (Å²) in [6.45, 7) is 3.69. The Morgan fingerprint density at radius 1 is 1.20 bits per heavy atom. The third-order valence-corrected chi connectivity index (χ3v) is 5.44. The van der Waals surface area contributed by atoms with Gasteiger partial charge in [-0.05, 0) is 37.6 Å². The molecule has 1 amide bonds. The highest BCUT2D eigenvalue weighted by molar-refractivity contribution is 7.91. The lowest BCUT2D eigenvalue weighted by Crippen LogP contribution is -2.13. The smallest absolute Gasteiger partial charge is 0.255 e. The standard InChI is InChI=1S/C17H18N4O3S/c1-3-9-25(23,24)17-20-19-15-8-7-14(11-21(15)17)18-16(22)13-6-4-5-12(2)10-13/h4-8,10-11H,3,9H2,1-2H3,(H,18,22). The van der Waals surface area contributed by atoms with Crippen molar-refractivity contribution in [3.63, 3.8) is 0 Å². The number of aromatic nitrogens is 3. The number of amides is 1. The molecule has 2 aromatic heterocycles. The number of fused-ring (bicyclic) bond motifs is 1. The van der Waals surface area contributed by atoms with E-state index >= 15 is 0 Å². The molecule has 0 fully saturated rings. The minimum Gasteiger partial charge on any atom is -0.321 e. The SMILES string of the molecule is CCCS(=O)(=O)c1nnc2ccc(NC(=O)c3cccc(C)c3)cn12. The molecule has 0 unspecified atom stereocenters. The summed E-state index contributed by atoms with van der Waals surface area (Å²) in [7, 11) is -3.52. The number of pyridine rings is 1. The van der Waals surface area contributed by atoms with Crippen LogP contribution < -0.4 is 5.32 Å². The first-order valence-electron chi connectivity index (χ1n) is 7.86. The predicted molar refractivity (Wildman–Crippen MR) is 94.5 cm³/mol. The van der Waals surface area contributed by atoms with E-state index in [9.17, 15) is 13.2 Å². The lowest BCUT2D eigenvalue weighted by atomic mass is 10.1. The van der Waals surface area contributed by atoms with Crippen LogP contribution in [0.2, 0.25) is 0 Å². The van der Waals surface area contributed by atoms with Crippen molar-refractivity contribution in [1.82, 2.24) is 14.6 Å². The first-order chi connectivity index (χ1) is 11.9. The molecular formula is C17H18N4O3S. The van der Waals surface area contributed by atoms with Crippen LogP contribution in [-0.2, 0) is 9.84 Å². The number of carbonyl (C=O) groups is 1. The molecule has 25 heavy (non-hydrogen) atoms. The number of anilines is 1. The van der Waals surface area contributed by atoms with E-state index in [0.29, 0.717) is 23.3 Å². The van der Waals surface area contributed by atoms with E-state index in [4.69, 9.17) is 0 Å². The fraction of sp³-hybridized carbons (Fsp3) is 0.235. The second kappa shape index (κ2) is 6.64. The molecule has 0 spiro atoms. The van der Waals surface area contributed by atoms with Crippen molar-refractivity contribution in [2.45, 2.75) is 25.4 Å². The number of sulfone groups is 1. The van der Waals surface area contributed by atoms with Crippen molar-refractivity contribution < 1.29 is 13.2 Å². The molecule has 0 aliphatic rings. The molecule has 0 aliphatic carbocycles. The number of nitrogens with zero attached hydrogens (tertiary/aromatic N) is 3. The molecule has 0 atom stereocenters. The van der Waals surface area contributed by atoms with Crippen LogP contribution in [0.25, 0.3) is 5.65 Å². The summed E-state index contributed by atoms with van der Waals surface area (Å²) in [6.07, 6.45) is 2.01. The predicted octanol–water partition coefficient (Wildman–Crippen LogP) is 2.47. The van der Waals surface area contributed by atoms with Gasteiger partial charge in [-0.2, -0.15) is 0 Å². The summed E-state index contributed by atoms with van der Waals surface area (Å²) in [5.41, 5.74) is 2.38. The number of benzene rings is 1. The molecule has 1 N–H and O–H groups in total. The van der Waals surface area contributed by atoms with Gasteiger partial charge < -0.3 is 5.32 Å². The molecule has 1 aromatic carbocycles. The number of nitrogens with one attached hydrogen (secondary N) is 1. The highest BCUT2D eigenvalue weighted by Gasteiger charge is 2.21. The maximum atomic E-state index is 12.4. The average Bonchev–Trinajstić information content (AvgIpc) is 2.99. The van der Waals surface area contributed by atoms with Crippen molar-refractivity contribution in [2.75, 3.05) is 11.1 Å². The first kappa shape index (κ1) is 17.1. The maximum Gasteiger partial charge on any atom is 0.255 e. The van der Waals surface area contributed by atoms with Gasteiger partial charge in [0, 0.05) is 11.8 Å². The molecule has 0 radical (unpaired) electrons. The van der Waals surface area contributed by atoms with Crippen LogP contribution in [0, 0.1) is 6.92 Å². The van der Waals surface area contributed by atoms with E-state index in [1.54, 1.807) is 31.2 Å². The molecule has 3 rings (SSSR count). The highest BCUT2D eigenvalue weighted by atomic mass is 32.2. The Morgan fingerprint density at radius 2 is 2.00 bits per heavy atom. The third kappa shape index (κ3) is 3.53. The molecule has 3 aromatic rings. The van der Waals surface area contributed by atoms with Gasteiger partial charge in [0.25, 0.3) is 11.1 Å². The van der Waals surface area contributed by atoms with Crippen molar-refractivity contribution in [1.29, 1.82) is 0 Å². The van der Waals surface area contributed by atoms with Gasteiger partial charge in [-0.3, -0.25) is 9.20 Å². The minimum atomic E-state index is -3.52. The summed E-state index contributed by atoms with van der Waals surface area (Å²) in [5.74, 6) is -0.276. The summed E-state index contributed by atoms with van der Waals surface area (Å²) in [6, 6.07) is 10.5. The topological polar surface area (TPSA) is 93.4 Å². The Kier molecular flexibility index (Phi) is 4.54. The van der Waals surface area contributed by atoms with E-state index < -0.39 is 9.84 Å². The van der Waals surface area contributed by atoms with Gasteiger partial charge in [-0.1, -0.05) is 24.6 Å². The van der Waals surface area contributed by atoms with Gasteiger partial charge in [-0.25, -0.2) is 8.42 Å². The van der Waals surface area contributed by atoms with E-state index in [1.807, 2.05) is 19.1 Å². The van der Waals surface area contributed by atoms with E-state index in [2.05, 4.69) is 15.5 Å². The maximum absolute atomic E-state index is 12.4.